The molecule has 18 heavy (non-hydrogen) atoms. The van der Waals surface area contributed by atoms with E-state index in [4.69, 9.17) is 4.43 Å². The van der Waals surface area contributed by atoms with Gasteiger partial charge in [0.25, 0.3) is 0 Å². The monoisotopic (exact) mass is 268 g/mol. The number of rotatable bonds is 3. The molecule has 0 bridgehead atoms. The summed E-state index contributed by atoms with van der Waals surface area (Å²) < 4.78 is 6.37. The molecule has 0 aromatic heterocycles. The lowest BCUT2D eigenvalue weighted by Crippen LogP contribution is -2.46. The SMILES string of the molecule is CC(C)(C)[Si](C)(C)OC[C@@H]1CCC2=NCCCN21. The standard InChI is InChI=1S/C14H28N2OSi/c1-14(2,3)18(4,5)17-11-12-7-8-13-15-9-6-10-16(12)13/h12H,6-11H2,1-5H3/t12-/m0/s1. The van der Waals surface area contributed by atoms with E-state index in [0.717, 1.165) is 19.6 Å². The Labute approximate surface area is 113 Å². The summed E-state index contributed by atoms with van der Waals surface area (Å²) in [4.78, 5) is 7.13. The van der Waals surface area contributed by atoms with Crippen molar-refractivity contribution in [3.8, 4) is 0 Å². The number of fused-ring (bicyclic) bond motifs is 1. The molecule has 2 rings (SSSR count). The Morgan fingerprint density at radius 1 is 1.39 bits per heavy atom. The second-order valence-electron chi connectivity index (χ2n) is 7.11. The average molecular weight is 268 g/mol. The first-order valence-corrected chi connectivity index (χ1v) is 10.2. The fraction of sp³-hybridized carbons (Fsp3) is 0.929. The van der Waals surface area contributed by atoms with E-state index in [9.17, 15) is 0 Å². The van der Waals surface area contributed by atoms with E-state index in [2.05, 4.69) is 43.8 Å². The summed E-state index contributed by atoms with van der Waals surface area (Å²) in [6.07, 6.45) is 3.60. The van der Waals surface area contributed by atoms with E-state index in [1.54, 1.807) is 0 Å². The van der Waals surface area contributed by atoms with Crippen LogP contribution >= 0.6 is 0 Å². The minimum absolute atomic E-state index is 0.310. The van der Waals surface area contributed by atoms with Gasteiger partial charge in [0.2, 0.25) is 0 Å². The summed E-state index contributed by atoms with van der Waals surface area (Å²) in [6.45, 7) is 14.7. The molecule has 2 heterocycles. The number of nitrogens with zero attached hydrogens (tertiary/aromatic N) is 2. The summed E-state index contributed by atoms with van der Waals surface area (Å²) in [6, 6.07) is 0.582. The highest BCUT2D eigenvalue weighted by Crippen LogP contribution is 2.37. The van der Waals surface area contributed by atoms with Gasteiger partial charge in [-0.15, -0.1) is 0 Å². The van der Waals surface area contributed by atoms with E-state index < -0.39 is 8.32 Å². The molecule has 1 saturated heterocycles. The second kappa shape index (κ2) is 4.97. The minimum atomic E-state index is -1.60. The Balaban J connectivity index is 1.92. The molecule has 3 nitrogen and oxygen atoms in total. The smallest absolute Gasteiger partial charge is 0.192 e. The van der Waals surface area contributed by atoms with Crippen LogP contribution in [0.25, 0.3) is 0 Å². The highest BCUT2D eigenvalue weighted by molar-refractivity contribution is 6.74. The predicted octanol–water partition coefficient (Wildman–Crippen LogP) is 3.27. The first-order chi connectivity index (χ1) is 8.31. The zero-order valence-electron chi connectivity index (χ0n) is 12.6. The third-order valence-corrected chi connectivity index (χ3v) is 9.27. The normalized spacial score (nSPS) is 25.1. The van der Waals surface area contributed by atoms with E-state index >= 15 is 0 Å². The molecule has 1 atom stereocenters. The molecule has 0 N–H and O–H groups in total. The van der Waals surface area contributed by atoms with Crippen LogP contribution in [0.2, 0.25) is 18.1 Å². The number of amidine groups is 1. The fourth-order valence-corrected chi connectivity index (χ4v) is 3.47. The lowest BCUT2D eigenvalue weighted by atomic mass is 10.2. The van der Waals surface area contributed by atoms with Crippen LogP contribution in [0.5, 0.6) is 0 Å². The van der Waals surface area contributed by atoms with Crippen LogP contribution < -0.4 is 0 Å². The van der Waals surface area contributed by atoms with E-state index in [0.29, 0.717) is 11.1 Å². The number of hydrogen-bond acceptors (Lipinski definition) is 3. The third kappa shape index (κ3) is 2.80. The lowest BCUT2D eigenvalue weighted by molar-refractivity contribution is 0.191. The topological polar surface area (TPSA) is 24.8 Å². The molecule has 2 aliphatic heterocycles. The minimum Gasteiger partial charge on any atom is -0.415 e. The molecule has 0 unspecified atom stereocenters. The van der Waals surface area contributed by atoms with Crippen LogP contribution in [0, 0.1) is 0 Å². The van der Waals surface area contributed by atoms with Crippen LogP contribution in [0.1, 0.15) is 40.0 Å². The lowest BCUT2D eigenvalue weighted by Gasteiger charge is -2.38. The highest BCUT2D eigenvalue weighted by Gasteiger charge is 2.39. The van der Waals surface area contributed by atoms with E-state index in [1.165, 1.54) is 25.2 Å². The van der Waals surface area contributed by atoms with E-state index in [1.807, 2.05) is 0 Å². The average Bonchev–Trinajstić information content (AvgIpc) is 2.68. The molecule has 0 radical (unpaired) electrons. The summed E-state index contributed by atoms with van der Waals surface area (Å²) in [7, 11) is -1.60. The van der Waals surface area contributed by atoms with Gasteiger partial charge in [-0.3, -0.25) is 4.99 Å². The molecule has 1 fully saturated rings. The van der Waals surface area contributed by atoms with Gasteiger partial charge in [-0.2, -0.15) is 0 Å². The number of aliphatic imine (C=N–C) groups is 1. The van der Waals surface area contributed by atoms with E-state index in [-0.39, 0.29) is 0 Å². The summed E-state index contributed by atoms with van der Waals surface area (Å²) in [5, 5.41) is 0.310. The van der Waals surface area contributed by atoms with Gasteiger partial charge in [0.05, 0.1) is 18.5 Å². The van der Waals surface area contributed by atoms with Gasteiger partial charge in [0, 0.05) is 19.5 Å². The zero-order chi connectivity index (χ0) is 13.4. The second-order valence-corrected chi connectivity index (χ2v) is 11.9. The van der Waals surface area contributed by atoms with Crippen molar-refractivity contribution in [3.05, 3.63) is 0 Å². The molecule has 2 aliphatic rings. The molecule has 4 heteroatoms. The molecule has 0 aromatic rings. The van der Waals surface area contributed by atoms with Crippen molar-refractivity contribution >= 4 is 14.2 Å². The van der Waals surface area contributed by atoms with Crippen molar-refractivity contribution in [2.24, 2.45) is 4.99 Å². The fourth-order valence-electron chi connectivity index (χ4n) is 2.43. The quantitative estimate of drug-likeness (QED) is 0.734. The van der Waals surface area contributed by atoms with Gasteiger partial charge >= 0.3 is 0 Å². The van der Waals surface area contributed by atoms with Crippen molar-refractivity contribution < 1.29 is 4.43 Å². The maximum Gasteiger partial charge on any atom is 0.192 e. The first-order valence-electron chi connectivity index (χ1n) is 7.25. The van der Waals surface area contributed by atoms with Crippen LogP contribution in [0.3, 0.4) is 0 Å². The maximum atomic E-state index is 6.37. The van der Waals surface area contributed by atoms with Crippen molar-refractivity contribution in [1.82, 2.24) is 4.90 Å². The van der Waals surface area contributed by atoms with Crippen molar-refractivity contribution in [1.29, 1.82) is 0 Å². The summed E-state index contributed by atoms with van der Waals surface area (Å²) >= 11 is 0. The van der Waals surface area contributed by atoms with Crippen molar-refractivity contribution in [2.75, 3.05) is 19.7 Å². The molecule has 0 aliphatic carbocycles. The van der Waals surface area contributed by atoms with Gasteiger partial charge in [0.15, 0.2) is 8.32 Å². The Morgan fingerprint density at radius 3 is 2.78 bits per heavy atom. The zero-order valence-corrected chi connectivity index (χ0v) is 13.6. The first kappa shape index (κ1) is 14.1. The Hall–Kier alpha value is -0.353. The Bertz CT molecular complexity index is 333. The number of hydrogen-bond donors (Lipinski definition) is 0. The Kier molecular flexibility index (Phi) is 3.88. The Morgan fingerprint density at radius 2 is 2.11 bits per heavy atom. The molecule has 0 amide bonds. The molecular weight excluding hydrogens is 240 g/mol. The van der Waals surface area contributed by atoms with Gasteiger partial charge in [-0.25, -0.2) is 0 Å². The van der Waals surface area contributed by atoms with Gasteiger partial charge in [-0.05, 0) is 31.0 Å². The molecule has 0 aromatic carbocycles. The molecule has 104 valence electrons. The maximum absolute atomic E-state index is 6.37. The third-order valence-electron chi connectivity index (χ3n) is 4.77. The van der Waals surface area contributed by atoms with Crippen LogP contribution in [0.15, 0.2) is 4.99 Å². The van der Waals surface area contributed by atoms with Crippen LogP contribution in [-0.4, -0.2) is 44.8 Å². The van der Waals surface area contributed by atoms with Gasteiger partial charge in [0.1, 0.15) is 0 Å². The van der Waals surface area contributed by atoms with Crippen molar-refractivity contribution in [2.45, 2.75) is 64.2 Å². The van der Waals surface area contributed by atoms with Gasteiger partial charge in [-0.1, -0.05) is 20.8 Å². The summed E-state index contributed by atoms with van der Waals surface area (Å²) in [5.74, 6) is 1.34. The molecule has 0 saturated carbocycles. The summed E-state index contributed by atoms with van der Waals surface area (Å²) in [5.41, 5.74) is 0. The van der Waals surface area contributed by atoms with Gasteiger partial charge < -0.3 is 9.33 Å². The highest BCUT2D eigenvalue weighted by atomic mass is 28.4. The van der Waals surface area contributed by atoms with Crippen LogP contribution in [0.4, 0.5) is 0 Å². The largest absolute Gasteiger partial charge is 0.415 e. The molecule has 0 spiro atoms. The van der Waals surface area contributed by atoms with Crippen LogP contribution in [-0.2, 0) is 4.43 Å². The molecular formula is C14H28N2OSi. The van der Waals surface area contributed by atoms with Crippen molar-refractivity contribution in [3.63, 3.8) is 0 Å². The predicted molar refractivity (Wildman–Crippen MR) is 79.8 cm³/mol.